The molecule has 2 aliphatic heterocycles. The molecule has 5 nitrogen and oxygen atoms in total. The summed E-state index contributed by atoms with van der Waals surface area (Å²) >= 11 is 0. The van der Waals surface area contributed by atoms with Gasteiger partial charge in [0.2, 0.25) is 0 Å². The topological polar surface area (TPSA) is 52.7 Å². The molecule has 2 rings (SSSR count). The van der Waals surface area contributed by atoms with E-state index in [1.165, 1.54) is 19.3 Å². The van der Waals surface area contributed by atoms with Crippen molar-refractivity contribution in [3.8, 4) is 0 Å². The number of nitrogens with zero attached hydrogens (tertiary/aromatic N) is 5. The molecule has 96 valence electrons. The van der Waals surface area contributed by atoms with Crippen LogP contribution in [-0.2, 0) is 0 Å². The van der Waals surface area contributed by atoms with E-state index in [0.717, 1.165) is 19.5 Å². The van der Waals surface area contributed by atoms with Crippen LogP contribution in [0.2, 0.25) is 0 Å². The second kappa shape index (κ2) is 7.53. The molecule has 0 radical (unpaired) electrons. The molecule has 1 unspecified atom stereocenters. The van der Waals surface area contributed by atoms with Gasteiger partial charge in [0.25, 0.3) is 0 Å². The molecular formula is C13H19N5. The minimum atomic E-state index is 0.714. The van der Waals surface area contributed by atoms with Gasteiger partial charge in [-0.2, -0.15) is 0 Å². The second-order valence-electron chi connectivity index (χ2n) is 4.54. The van der Waals surface area contributed by atoms with E-state index in [-0.39, 0.29) is 0 Å². The second-order valence-corrected chi connectivity index (χ2v) is 4.54. The van der Waals surface area contributed by atoms with Crippen molar-refractivity contribution in [1.29, 1.82) is 0 Å². The number of rotatable bonds is 0. The lowest BCUT2D eigenvalue weighted by atomic mass is 9.94. The summed E-state index contributed by atoms with van der Waals surface area (Å²) in [6.45, 7) is 1.96. The van der Waals surface area contributed by atoms with Crippen molar-refractivity contribution in [1.82, 2.24) is 5.01 Å². The summed E-state index contributed by atoms with van der Waals surface area (Å²) in [6.07, 6.45) is 16.5. The van der Waals surface area contributed by atoms with Gasteiger partial charge < -0.3 is 0 Å². The minimum absolute atomic E-state index is 0.714. The summed E-state index contributed by atoms with van der Waals surface area (Å²) in [6, 6.07) is 0. The highest BCUT2D eigenvalue weighted by atomic mass is 15.6. The summed E-state index contributed by atoms with van der Waals surface area (Å²) in [5.74, 6) is 0.714. The fourth-order valence-corrected chi connectivity index (χ4v) is 2.21. The van der Waals surface area contributed by atoms with Crippen LogP contribution < -0.4 is 0 Å². The summed E-state index contributed by atoms with van der Waals surface area (Å²) in [7, 11) is 0. The molecule has 0 aliphatic carbocycles. The maximum atomic E-state index is 4.08. The average Bonchev–Trinajstić information content (AvgIpc) is 2.40. The van der Waals surface area contributed by atoms with Crippen LogP contribution in [0, 0.1) is 5.92 Å². The first-order valence-electron chi connectivity index (χ1n) is 6.49. The van der Waals surface area contributed by atoms with E-state index < -0.39 is 0 Å². The summed E-state index contributed by atoms with van der Waals surface area (Å²) < 4.78 is 0. The standard InChI is InChI=1S/C13H19N5/c1-2-4-6-10-14-15-16-17-18-11-7-9-13(12-18)8-5-3-1/h1-4,6,10,13H,5,7-9,11-12H2/b3-1?,4-2?,10-6-,15-14-,17-16+. The Morgan fingerprint density at radius 2 is 1.94 bits per heavy atom. The maximum Gasteiger partial charge on any atom is 0.0514 e. The van der Waals surface area contributed by atoms with E-state index in [2.05, 4.69) is 32.9 Å². The van der Waals surface area contributed by atoms with Gasteiger partial charge in [-0.05, 0) is 53.3 Å². The van der Waals surface area contributed by atoms with E-state index in [4.69, 9.17) is 0 Å². The van der Waals surface area contributed by atoms with Crippen LogP contribution in [-0.4, -0.2) is 18.1 Å². The number of piperidine rings is 1. The Labute approximate surface area is 108 Å². The van der Waals surface area contributed by atoms with E-state index in [1.54, 1.807) is 6.20 Å². The number of fused-ring (bicyclic) bond motifs is 2. The predicted octanol–water partition coefficient (Wildman–Crippen LogP) is 3.85. The molecule has 0 N–H and O–H groups in total. The Morgan fingerprint density at radius 1 is 1.00 bits per heavy atom. The van der Waals surface area contributed by atoms with Gasteiger partial charge >= 0.3 is 0 Å². The Kier molecular flexibility index (Phi) is 5.30. The van der Waals surface area contributed by atoms with Gasteiger partial charge in [0.15, 0.2) is 0 Å². The number of allylic oxidation sites excluding steroid dienone is 5. The SMILES string of the molecule is C1=C\C=C/N=N\N=N\N2CCCC(CCC=C1)C2. The van der Waals surface area contributed by atoms with Gasteiger partial charge in [-0.3, -0.25) is 5.01 Å². The van der Waals surface area contributed by atoms with Crippen molar-refractivity contribution in [2.24, 2.45) is 26.7 Å². The first kappa shape index (κ1) is 12.7. The largest absolute Gasteiger partial charge is 0.277 e. The molecule has 2 heterocycles. The molecule has 0 amide bonds. The molecular weight excluding hydrogens is 226 g/mol. The third kappa shape index (κ3) is 4.61. The zero-order chi connectivity index (χ0) is 12.5. The van der Waals surface area contributed by atoms with E-state index >= 15 is 0 Å². The van der Waals surface area contributed by atoms with Crippen molar-refractivity contribution >= 4 is 0 Å². The van der Waals surface area contributed by atoms with Gasteiger partial charge in [-0.15, -0.1) is 5.11 Å². The third-order valence-corrected chi connectivity index (χ3v) is 3.12. The van der Waals surface area contributed by atoms with Crippen molar-refractivity contribution in [2.45, 2.75) is 25.7 Å². The maximum absolute atomic E-state index is 4.08. The van der Waals surface area contributed by atoms with Crippen molar-refractivity contribution in [2.75, 3.05) is 13.1 Å². The quantitative estimate of drug-likeness (QED) is 0.639. The highest BCUT2D eigenvalue weighted by molar-refractivity contribution is 5.10. The van der Waals surface area contributed by atoms with Crippen LogP contribution in [0.5, 0.6) is 0 Å². The van der Waals surface area contributed by atoms with Crippen molar-refractivity contribution < 1.29 is 0 Å². The van der Waals surface area contributed by atoms with Gasteiger partial charge in [0.05, 0.1) is 6.20 Å². The fourth-order valence-electron chi connectivity index (χ4n) is 2.21. The smallest absolute Gasteiger partial charge is 0.0514 e. The molecule has 0 spiro atoms. The summed E-state index contributed by atoms with van der Waals surface area (Å²) in [5, 5.41) is 17.2. The Morgan fingerprint density at radius 3 is 2.94 bits per heavy atom. The van der Waals surface area contributed by atoms with Gasteiger partial charge in [0, 0.05) is 13.1 Å². The Hall–Kier alpha value is -1.78. The highest BCUT2D eigenvalue weighted by Gasteiger charge is 2.18. The molecule has 2 aliphatic rings. The molecule has 0 aromatic rings. The van der Waals surface area contributed by atoms with Crippen LogP contribution in [0.3, 0.4) is 0 Å². The van der Waals surface area contributed by atoms with Crippen LogP contribution in [0.15, 0.2) is 57.4 Å². The van der Waals surface area contributed by atoms with Crippen molar-refractivity contribution in [3.05, 3.63) is 36.6 Å². The molecule has 2 bridgehead atoms. The lowest BCUT2D eigenvalue weighted by Crippen LogP contribution is -2.31. The van der Waals surface area contributed by atoms with Crippen molar-refractivity contribution in [3.63, 3.8) is 0 Å². The minimum Gasteiger partial charge on any atom is -0.277 e. The average molecular weight is 245 g/mol. The highest BCUT2D eigenvalue weighted by Crippen LogP contribution is 2.21. The van der Waals surface area contributed by atoms with Crippen LogP contribution >= 0.6 is 0 Å². The molecule has 1 saturated heterocycles. The van der Waals surface area contributed by atoms with E-state index in [9.17, 15) is 0 Å². The Bertz CT molecular complexity index is 381. The van der Waals surface area contributed by atoms with E-state index in [1.807, 2.05) is 23.2 Å². The lowest BCUT2D eigenvalue weighted by Gasteiger charge is -2.29. The zero-order valence-electron chi connectivity index (χ0n) is 10.5. The first-order valence-corrected chi connectivity index (χ1v) is 6.49. The Balaban J connectivity index is 2.00. The monoisotopic (exact) mass is 245 g/mol. The fraction of sp³-hybridized carbons (Fsp3) is 0.538. The summed E-state index contributed by atoms with van der Waals surface area (Å²) in [5.41, 5.74) is 0. The molecule has 0 aromatic heterocycles. The summed E-state index contributed by atoms with van der Waals surface area (Å²) in [4.78, 5) is 0. The molecule has 1 fully saturated rings. The van der Waals surface area contributed by atoms with Crippen LogP contribution in [0.1, 0.15) is 25.7 Å². The molecule has 1 atom stereocenters. The number of hydrogen-bond acceptors (Lipinski definition) is 5. The molecule has 0 saturated carbocycles. The predicted molar refractivity (Wildman–Crippen MR) is 70.7 cm³/mol. The van der Waals surface area contributed by atoms with Gasteiger partial charge in [-0.1, -0.05) is 24.3 Å². The lowest BCUT2D eigenvalue weighted by molar-refractivity contribution is 0.162. The molecule has 0 aromatic carbocycles. The first-order chi connectivity index (χ1) is 8.95. The molecule has 18 heavy (non-hydrogen) atoms. The molecule has 5 heteroatoms. The third-order valence-electron chi connectivity index (χ3n) is 3.12. The zero-order valence-corrected chi connectivity index (χ0v) is 10.5. The van der Waals surface area contributed by atoms with Crippen LogP contribution in [0.25, 0.3) is 0 Å². The van der Waals surface area contributed by atoms with Crippen LogP contribution in [0.4, 0.5) is 0 Å². The normalized spacial score (nSPS) is 30.2. The van der Waals surface area contributed by atoms with Gasteiger partial charge in [0.1, 0.15) is 0 Å². The van der Waals surface area contributed by atoms with Gasteiger partial charge in [-0.25, -0.2) is 0 Å². The van der Waals surface area contributed by atoms with E-state index in [0.29, 0.717) is 5.92 Å². The number of hydrogen-bond donors (Lipinski definition) is 0.